The number of carbonyl (C=O) groups excluding carboxylic acids is 1. The van der Waals surface area contributed by atoms with Crippen molar-refractivity contribution in [3.8, 4) is 17.2 Å². The standard InChI is InChI=1S/C15H12O9S/c16-9-6-10(17)12-11(7-9)23-15(19,14(12)24-25(20,21)22)13(18)8-4-2-1-3-5-8/h1-7,14,16-17,19H,(H,20,21,22). The normalized spacial score (nSPS) is 22.2. The van der Waals surface area contributed by atoms with Gasteiger partial charge in [-0.3, -0.25) is 9.35 Å². The third kappa shape index (κ3) is 3.03. The quantitative estimate of drug-likeness (QED) is 0.456. The van der Waals surface area contributed by atoms with E-state index >= 15 is 0 Å². The summed E-state index contributed by atoms with van der Waals surface area (Å²) in [6.07, 6.45) is -2.09. The first-order valence-electron chi connectivity index (χ1n) is 6.84. The summed E-state index contributed by atoms with van der Waals surface area (Å²) >= 11 is 0. The van der Waals surface area contributed by atoms with E-state index in [2.05, 4.69) is 4.18 Å². The van der Waals surface area contributed by atoms with Crippen LogP contribution in [0.1, 0.15) is 22.0 Å². The van der Waals surface area contributed by atoms with Crippen LogP contribution < -0.4 is 4.74 Å². The molecule has 1 aliphatic rings. The molecule has 9 nitrogen and oxygen atoms in total. The second-order valence-corrected chi connectivity index (χ2v) is 6.32. The lowest BCUT2D eigenvalue weighted by Crippen LogP contribution is -2.47. The molecule has 25 heavy (non-hydrogen) atoms. The van der Waals surface area contributed by atoms with Crippen molar-refractivity contribution in [2.45, 2.75) is 11.9 Å². The van der Waals surface area contributed by atoms with Gasteiger partial charge in [0.15, 0.2) is 6.10 Å². The van der Waals surface area contributed by atoms with Crippen LogP contribution in [0, 0.1) is 0 Å². The van der Waals surface area contributed by atoms with Crippen LogP contribution in [0.3, 0.4) is 0 Å². The Hall–Kier alpha value is -2.66. The smallest absolute Gasteiger partial charge is 0.398 e. The van der Waals surface area contributed by atoms with Gasteiger partial charge in [-0.25, -0.2) is 4.18 Å². The third-order valence-electron chi connectivity index (χ3n) is 3.57. The Kier molecular flexibility index (Phi) is 3.92. The summed E-state index contributed by atoms with van der Waals surface area (Å²) in [5, 5.41) is 30.2. The van der Waals surface area contributed by atoms with E-state index < -0.39 is 45.1 Å². The minimum atomic E-state index is -5.13. The number of phenolic OH excluding ortho intramolecular Hbond substituents is 2. The van der Waals surface area contributed by atoms with Crippen LogP contribution in [-0.2, 0) is 14.6 Å². The lowest BCUT2D eigenvalue weighted by molar-refractivity contribution is -0.144. The summed E-state index contributed by atoms with van der Waals surface area (Å²) in [7, 11) is -5.13. The molecule has 10 heteroatoms. The fourth-order valence-corrected chi connectivity index (χ4v) is 3.03. The molecule has 0 bridgehead atoms. The number of benzene rings is 2. The molecule has 0 aromatic heterocycles. The number of hydrogen-bond donors (Lipinski definition) is 4. The minimum Gasteiger partial charge on any atom is -0.508 e. The van der Waals surface area contributed by atoms with Crippen molar-refractivity contribution < 1.29 is 42.0 Å². The highest BCUT2D eigenvalue weighted by Gasteiger charge is 2.57. The van der Waals surface area contributed by atoms with Crippen molar-refractivity contribution in [2.75, 3.05) is 0 Å². The molecule has 0 radical (unpaired) electrons. The monoisotopic (exact) mass is 368 g/mol. The molecular formula is C15H12O9S. The lowest BCUT2D eigenvalue weighted by Gasteiger charge is -2.26. The number of phenols is 2. The van der Waals surface area contributed by atoms with Gasteiger partial charge in [-0.1, -0.05) is 30.3 Å². The Balaban J connectivity index is 2.15. The third-order valence-corrected chi connectivity index (χ3v) is 4.00. The van der Waals surface area contributed by atoms with Crippen molar-refractivity contribution >= 4 is 16.2 Å². The van der Waals surface area contributed by atoms with E-state index in [0.29, 0.717) is 0 Å². The molecule has 132 valence electrons. The maximum absolute atomic E-state index is 12.7. The molecule has 0 saturated heterocycles. The highest BCUT2D eigenvalue weighted by atomic mass is 32.3. The van der Waals surface area contributed by atoms with E-state index in [0.717, 1.165) is 12.1 Å². The Morgan fingerprint density at radius 1 is 1.16 bits per heavy atom. The first-order chi connectivity index (χ1) is 11.6. The van der Waals surface area contributed by atoms with Gasteiger partial charge in [-0.15, -0.1) is 0 Å². The van der Waals surface area contributed by atoms with Gasteiger partial charge in [-0.05, 0) is 0 Å². The molecule has 0 amide bonds. The van der Waals surface area contributed by atoms with E-state index in [1.807, 2.05) is 0 Å². The molecule has 1 heterocycles. The van der Waals surface area contributed by atoms with Crippen molar-refractivity contribution in [3.05, 3.63) is 53.6 Å². The van der Waals surface area contributed by atoms with Crippen LogP contribution in [0.4, 0.5) is 0 Å². The van der Waals surface area contributed by atoms with Crippen molar-refractivity contribution in [3.63, 3.8) is 0 Å². The van der Waals surface area contributed by atoms with Crippen LogP contribution in [-0.4, -0.2) is 39.9 Å². The molecule has 3 rings (SSSR count). The molecule has 4 N–H and O–H groups in total. The summed E-state index contributed by atoms with van der Waals surface area (Å²) < 4.78 is 40.8. The molecule has 0 aliphatic carbocycles. The molecule has 1 aliphatic heterocycles. The molecule has 0 spiro atoms. The van der Waals surface area contributed by atoms with Gasteiger partial charge in [0.2, 0.25) is 5.78 Å². The largest absolute Gasteiger partial charge is 0.508 e. The lowest BCUT2D eigenvalue weighted by atomic mass is 9.95. The van der Waals surface area contributed by atoms with Crippen molar-refractivity contribution in [2.24, 2.45) is 0 Å². The second kappa shape index (κ2) is 5.70. The number of aromatic hydroxyl groups is 2. The predicted molar refractivity (Wildman–Crippen MR) is 81.5 cm³/mol. The maximum atomic E-state index is 12.7. The first-order valence-corrected chi connectivity index (χ1v) is 8.21. The van der Waals surface area contributed by atoms with Gasteiger partial charge in [0.1, 0.15) is 17.2 Å². The Bertz CT molecular complexity index is 939. The molecule has 2 aromatic carbocycles. The minimum absolute atomic E-state index is 0.0366. The van der Waals surface area contributed by atoms with E-state index in [1.54, 1.807) is 6.07 Å². The Morgan fingerprint density at radius 3 is 2.40 bits per heavy atom. The van der Waals surface area contributed by atoms with E-state index in [4.69, 9.17) is 9.29 Å². The van der Waals surface area contributed by atoms with E-state index in [9.17, 15) is 28.5 Å². The summed E-state index contributed by atoms with van der Waals surface area (Å²) in [5.74, 6) is -5.50. The molecule has 0 fully saturated rings. The van der Waals surface area contributed by atoms with Gasteiger partial charge in [0.25, 0.3) is 0 Å². The number of fused-ring (bicyclic) bond motifs is 1. The number of hydrogen-bond acceptors (Lipinski definition) is 8. The average Bonchev–Trinajstić information content (AvgIpc) is 2.79. The van der Waals surface area contributed by atoms with Gasteiger partial charge in [0.05, 0.1) is 5.56 Å². The van der Waals surface area contributed by atoms with E-state index in [-0.39, 0.29) is 11.3 Å². The topological polar surface area (TPSA) is 151 Å². The predicted octanol–water partition coefficient (Wildman–Crippen LogP) is 0.922. The van der Waals surface area contributed by atoms with Gasteiger partial charge in [0, 0.05) is 17.7 Å². The fraction of sp³-hybridized carbons (Fsp3) is 0.133. The highest BCUT2D eigenvalue weighted by Crippen LogP contribution is 2.51. The number of aliphatic hydroxyl groups is 1. The maximum Gasteiger partial charge on any atom is 0.398 e. The average molecular weight is 368 g/mol. The number of ketones is 1. The molecule has 2 atom stereocenters. The van der Waals surface area contributed by atoms with E-state index in [1.165, 1.54) is 24.3 Å². The van der Waals surface area contributed by atoms with Crippen molar-refractivity contribution in [1.82, 2.24) is 0 Å². The molecule has 2 aromatic rings. The SMILES string of the molecule is O=C(c1ccccc1)C1(O)Oc2cc(O)cc(O)c2C1OS(=O)(=O)O. The van der Waals surface area contributed by atoms with Crippen LogP contribution >= 0.6 is 0 Å². The molecule has 0 saturated carbocycles. The fourth-order valence-electron chi connectivity index (χ4n) is 2.56. The Labute approximate surface area is 141 Å². The summed E-state index contributed by atoms with van der Waals surface area (Å²) in [6, 6.07) is 9.08. The van der Waals surface area contributed by atoms with Crippen LogP contribution in [0.2, 0.25) is 0 Å². The highest BCUT2D eigenvalue weighted by molar-refractivity contribution is 7.80. The van der Waals surface area contributed by atoms with Crippen molar-refractivity contribution in [1.29, 1.82) is 0 Å². The summed E-state index contributed by atoms with van der Waals surface area (Å²) in [5.41, 5.74) is -0.451. The zero-order valence-electron chi connectivity index (χ0n) is 12.4. The Morgan fingerprint density at radius 2 is 1.80 bits per heavy atom. The number of rotatable bonds is 4. The molecular weight excluding hydrogens is 356 g/mol. The van der Waals surface area contributed by atoms with Gasteiger partial charge < -0.3 is 20.1 Å². The zero-order chi connectivity index (χ0) is 18.4. The van der Waals surface area contributed by atoms with Crippen LogP contribution in [0.5, 0.6) is 17.2 Å². The van der Waals surface area contributed by atoms with Gasteiger partial charge in [-0.2, -0.15) is 8.42 Å². The number of ether oxygens (including phenoxy) is 1. The number of carbonyl (C=O) groups is 1. The van der Waals surface area contributed by atoms with Crippen LogP contribution in [0.25, 0.3) is 0 Å². The zero-order valence-corrected chi connectivity index (χ0v) is 13.2. The first kappa shape index (κ1) is 17.2. The van der Waals surface area contributed by atoms with Crippen LogP contribution in [0.15, 0.2) is 42.5 Å². The summed E-state index contributed by atoms with van der Waals surface area (Å²) in [4.78, 5) is 12.7. The second-order valence-electron chi connectivity index (χ2n) is 5.27. The van der Waals surface area contributed by atoms with Gasteiger partial charge >= 0.3 is 16.2 Å². The number of Topliss-reactive ketones (excluding diaryl/α,β-unsaturated/α-hetero) is 1. The molecule has 2 unspecified atom stereocenters. The summed E-state index contributed by atoms with van der Waals surface area (Å²) in [6.45, 7) is 0.